The maximum Gasteiger partial charge on any atom is 0.243 e. The van der Waals surface area contributed by atoms with E-state index in [9.17, 15) is 12.8 Å². The molecule has 4 aromatic rings. The van der Waals surface area contributed by atoms with Crippen LogP contribution in [0.3, 0.4) is 0 Å². The molecule has 1 saturated heterocycles. The number of hydrogen-bond donors (Lipinski definition) is 0. The molecule has 3 aromatic carbocycles. The van der Waals surface area contributed by atoms with Gasteiger partial charge in [0.15, 0.2) is 0 Å². The Morgan fingerprint density at radius 2 is 1.62 bits per heavy atom. The molecule has 0 unspecified atom stereocenters. The summed E-state index contributed by atoms with van der Waals surface area (Å²) in [5, 5.41) is 1.21. The number of benzene rings is 3. The van der Waals surface area contributed by atoms with E-state index in [2.05, 4.69) is 29.7 Å². The highest BCUT2D eigenvalue weighted by Crippen LogP contribution is 2.39. The molecule has 1 aliphatic rings. The Morgan fingerprint density at radius 3 is 2.35 bits per heavy atom. The summed E-state index contributed by atoms with van der Waals surface area (Å²) in [5.74, 6) is 0.0519. The number of aromatic nitrogens is 1. The standard InChI is InChI=1S/C28H29FN2O2S/c1-20-8-3-6-13-27(20)34(32,33)30-16-14-23(15-17-30)28-21(2)31(26-12-5-4-11-25(26)28)19-22-9-7-10-24(29)18-22/h3-13,18,23H,14-17,19H2,1-2H3. The van der Waals surface area contributed by atoms with E-state index in [1.165, 1.54) is 22.7 Å². The number of halogens is 1. The number of rotatable bonds is 5. The summed E-state index contributed by atoms with van der Waals surface area (Å²) in [7, 11) is -3.50. The highest BCUT2D eigenvalue weighted by Gasteiger charge is 2.32. The molecule has 0 radical (unpaired) electrons. The minimum Gasteiger partial charge on any atom is -0.340 e. The van der Waals surface area contributed by atoms with Crippen LogP contribution in [0.25, 0.3) is 10.9 Å². The Bertz CT molecular complexity index is 1450. The molecule has 1 fully saturated rings. The van der Waals surface area contributed by atoms with Crippen molar-refractivity contribution in [3.05, 3.63) is 101 Å². The van der Waals surface area contributed by atoms with Crippen LogP contribution in [-0.2, 0) is 16.6 Å². The summed E-state index contributed by atoms with van der Waals surface area (Å²) in [6.07, 6.45) is 1.56. The average molecular weight is 477 g/mol. The zero-order valence-corrected chi connectivity index (χ0v) is 20.4. The molecular formula is C28H29FN2O2S. The monoisotopic (exact) mass is 476 g/mol. The SMILES string of the molecule is Cc1ccccc1S(=O)(=O)N1CCC(c2c(C)n(Cc3cccc(F)c3)c3ccccc23)CC1. The summed E-state index contributed by atoms with van der Waals surface area (Å²) >= 11 is 0. The number of nitrogens with zero attached hydrogens (tertiary/aromatic N) is 2. The van der Waals surface area contributed by atoms with Gasteiger partial charge in [0.25, 0.3) is 0 Å². The molecule has 1 aromatic heterocycles. The van der Waals surface area contributed by atoms with E-state index in [1.54, 1.807) is 28.6 Å². The molecule has 6 heteroatoms. The maximum atomic E-state index is 13.8. The first kappa shape index (κ1) is 22.8. The first-order chi connectivity index (χ1) is 16.4. The summed E-state index contributed by atoms with van der Waals surface area (Å²) in [5.41, 5.74) is 5.30. The summed E-state index contributed by atoms with van der Waals surface area (Å²) in [6, 6.07) is 22.3. The highest BCUT2D eigenvalue weighted by molar-refractivity contribution is 7.89. The van der Waals surface area contributed by atoms with E-state index < -0.39 is 10.0 Å². The van der Waals surface area contributed by atoms with Crippen molar-refractivity contribution in [3.8, 4) is 0 Å². The quantitative estimate of drug-likeness (QED) is 0.354. The molecule has 0 N–H and O–H groups in total. The van der Waals surface area contributed by atoms with Crippen LogP contribution in [0.2, 0.25) is 0 Å². The molecule has 1 aliphatic heterocycles. The van der Waals surface area contributed by atoms with Gasteiger partial charge in [-0.3, -0.25) is 0 Å². The highest BCUT2D eigenvalue weighted by atomic mass is 32.2. The average Bonchev–Trinajstić information content (AvgIpc) is 3.10. The molecule has 0 bridgehead atoms. The van der Waals surface area contributed by atoms with E-state index >= 15 is 0 Å². The Kier molecular flexibility index (Phi) is 6.04. The van der Waals surface area contributed by atoms with Crippen molar-refractivity contribution in [2.45, 2.75) is 44.0 Å². The van der Waals surface area contributed by atoms with Crippen molar-refractivity contribution in [2.75, 3.05) is 13.1 Å². The number of fused-ring (bicyclic) bond motifs is 1. The van der Waals surface area contributed by atoms with Crippen molar-refractivity contribution in [2.24, 2.45) is 0 Å². The lowest BCUT2D eigenvalue weighted by Gasteiger charge is -2.32. The molecular weight excluding hydrogens is 447 g/mol. The van der Waals surface area contributed by atoms with Crippen molar-refractivity contribution in [1.29, 1.82) is 0 Å². The molecule has 0 spiro atoms. The van der Waals surface area contributed by atoms with E-state index in [0.717, 1.165) is 29.5 Å². The van der Waals surface area contributed by atoms with E-state index in [4.69, 9.17) is 0 Å². The molecule has 0 atom stereocenters. The van der Waals surface area contributed by atoms with Crippen LogP contribution in [0, 0.1) is 19.7 Å². The molecule has 0 saturated carbocycles. The molecule has 2 heterocycles. The molecule has 4 nitrogen and oxygen atoms in total. The zero-order chi connectivity index (χ0) is 23.9. The number of sulfonamides is 1. The summed E-state index contributed by atoms with van der Waals surface area (Å²) in [4.78, 5) is 0.399. The van der Waals surface area contributed by atoms with Crippen LogP contribution in [-0.4, -0.2) is 30.4 Å². The van der Waals surface area contributed by atoms with Gasteiger partial charge in [-0.25, -0.2) is 12.8 Å². The Labute approximate surface area is 200 Å². The zero-order valence-electron chi connectivity index (χ0n) is 19.5. The fourth-order valence-electron chi connectivity index (χ4n) is 5.36. The normalized spacial score (nSPS) is 15.7. The van der Waals surface area contributed by atoms with Crippen LogP contribution in [0.1, 0.15) is 41.1 Å². The first-order valence-electron chi connectivity index (χ1n) is 11.7. The van der Waals surface area contributed by atoms with Crippen molar-refractivity contribution in [3.63, 3.8) is 0 Å². The van der Waals surface area contributed by atoms with Crippen LogP contribution in [0.15, 0.2) is 77.7 Å². The van der Waals surface area contributed by atoms with Gasteiger partial charge in [-0.2, -0.15) is 4.31 Å². The first-order valence-corrected chi connectivity index (χ1v) is 13.2. The second kappa shape index (κ2) is 9.01. The second-order valence-corrected chi connectivity index (χ2v) is 11.1. The van der Waals surface area contributed by atoms with Gasteiger partial charge in [-0.1, -0.05) is 48.5 Å². The van der Waals surface area contributed by atoms with Gasteiger partial charge < -0.3 is 4.57 Å². The number of hydrogen-bond acceptors (Lipinski definition) is 2. The van der Waals surface area contributed by atoms with Crippen molar-refractivity contribution < 1.29 is 12.8 Å². The summed E-state index contributed by atoms with van der Waals surface area (Å²) in [6.45, 7) is 5.58. The fourth-order valence-corrected chi connectivity index (χ4v) is 7.06. The second-order valence-electron chi connectivity index (χ2n) is 9.18. The number of aryl methyl sites for hydroxylation is 1. The smallest absolute Gasteiger partial charge is 0.243 e. The minimum absolute atomic E-state index is 0.228. The van der Waals surface area contributed by atoms with Crippen LogP contribution >= 0.6 is 0 Å². The summed E-state index contributed by atoms with van der Waals surface area (Å²) < 4.78 is 44.2. The van der Waals surface area contributed by atoms with Crippen molar-refractivity contribution in [1.82, 2.24) is 8.87 Å². The Morgan fingerprint density at radius 1 is 0.912 bits per heavy atom. The lowest BCUT2D eigenvalue weighted by molar-refractivity contribution is 0.319. The molecule has 176 valence electrons. The molecule has 5 rings (SSSR count). The van der Waals surface area contributed by atoms with Gasteiger partial charge in [0.05, 0.1) is 4.90 Å². The predicted molar refractivity (Wildman–Crippen MR) is 134 cm³/mol. The van der Waals surface area contributed by atoms with Gasteiger partial charge in [0.2, 0.25) is 10.0 Å². The fraction of sp³-hybridized carbons (Fsp3) is 0.286. The van der Waals surface area contributed by atoms with Gasteiger partial charge in [-0.15, -0.1) is 0 Å². The van der Waals surface area contributed by atoms with E-state index in [0.29, 0.717) is 24.5 Å². The van der Waals surface area contributed by atoms with Crippen LogP contribution in [0.5, 0.6) is 0 Å². The van der Waals surface area contributed by atoms with Gasteiger partial charge >= 0.3 is 0 Å². The van der Waals surface area contributed by atoms with Gasteiger partial charge in [0, 0.05) is 36.2 Å². The number of para-hydroxylation sites is 1. The van der Waals surface area contributed by atoms with Gasteiger partial charge in [-0.05, 0) is 73.6 Å². The topological polar surface area (TPSA) is 42.3 Å². The Hall–Kier alpha value is -2.96. The minimum atomic E-state index is -3.50. The molecule has 0 amide bonds. The van der Waals surface area contributed by atoms with Crippen LogP contribution < -0.4 is 0 Å². The maximum absolute atomic E-state index is 13.8. The van der Waals surface area contributed by atoms with Crippen molar-refractivity contribution >= 4 is 20.9 Å². The lowest BCUT2D eigenvalue weighted by atomic mass is 9.88. The third-order valence-corrected chi connectivity index (χ3v) is 9.14. The number of piperidine rings is 1. The van der Waals surface area contributed by atoms with E-state index in [1.807, 2.05) is 31.2 Å². The largest absolute Gasteiger partial charge is 0.340 e. The predicted octanol–water partition coefficient (Wildman–Crippen LogP) is 6.01. The molecule has 0 aliphatic carbocycles. The Balaban J connectivity index is 1.44. The van der Waals surface area contributed by atoms with E-state index in [-0.39, 0.29) is 11.7 Å². The third-order valence-electron chi connectivity index (χ3n) is 7.08. The van der Waals surface area contributed by atoms with Gasteiger partial charge in [0.1, 0.15) is 5.82 Å². The van der Waals surface area contributed by atoms with Crippen LogP contribution in [0.4, 0.5) is 4.39 Å². The third kappa shape index (κ3) is 4.05. The lowest BCUT2D eigenvalue weighted by Crippen LogP contribution is -2.38. The molecule has 34 heavy (non-hydrogen) atoms.